The summed E-state index contributed by atoms with van der Waals surface area (Å²) in [6.45, 7) is 7.76. The average molecular weight is 202 g/mol. The molecule has 0 aliphatic heterocycles. The van der Waals surface area contributed by atoms with Gasteiger partial charge in [0, 0.05) is 12.1 Å². The maximum Gasteiger partial charge on any atom is 0.0664 e. The van der Waals surface area contributed by atoms with Crippen molar-refractivity contribution >= 4 is 0 Å². The van der Waals surface area contributed by atoms with Gasteiger partial charge in [0.1, 0.15) is 0 Å². The summed E-state index contributed by atoms with van der Waals surface area (Å²) in [5.41, 5.74) is 5.48. The van der Waals surface area contributed by atoms with Gasteiger partial charge in [-0.25, -0.2) is 0 Å². The Balaban J connectivity index is 3.32. The first-order chi connectivity index (χ1) is 6.45. The Kier molecular flexibility index (Phi) is 7.15. The SMILES string of the molecule is CC(C)(C)NCC(O)CCCCCN. The van der Waals surface area contributed by atoms with Gasteiger partial charge in [-0.2, -0.15) is 0 Å². The molecule has 1 unspecified atom stereocenters. The first-order valence-electron chi connectivity index (χ1n) is 5.59. The molecule has 0 aromatic heterocycles. The first-order valence-corrected chi connectivity index (χ1v) is 5.59. The van der Waals surface area contributed by atoms with Crippen LogP contribution in [0.3, 0.4) is 0 Å². The van der Waals surface area contributed by atoms with E-state index >= 15 is 0 Å². The molecule has 0 spiro atoms. The number of aliphatic hydroxyl groups excluding tert-OH is 1. The highest BCUT2D eigenvalue weighted by Crippen LogP contribution is 2.04. The Bertz CT molecular complexity index is 132. The van der Waals surface area contributed by atoms with Crippen LogP contribution in [0.25, 0.3) is 0 Å². The predicted octanol–water partition coefficient (Wildman–Crippen LogP) is 1.25. The second kappa shape index (κ2) is 7.21. The molecule has 4 N–H and O–H groups in total. The Morgan fingerprint density at radius 1 is 1.21 bits per heavy atom. The summed E-state index contributed by atoms with van der Waals surface area (Å²) < 4.78 is 0. The van der Waals surface area contributed by atoms with Crippen LogP contribution in [0.2, 0.25) is 0 Å². The molecule has 0 saturated carbocycles. The third kappa shape index (κ3) is 9.96. The molecule has 0 bridgehead atoms. The molecule has 0 amide bonds. The van der Waals surface area contributed by atoms with Crippen molar-refractivity contribution in [1.82, 2.24) is 5.32 Å². The summed E-state index contributed by atoms with van der Waals surface area (Å²) in [7, 11) is 0. The van der Waals surface area contributed by atoms with Crippen molar-refractivity contribution < 1.29 is 5.11 Å². The van der Waals surface area contributed by atoms with E-state index in [0.717, 1.165) is 32.2 Å². The lowest BCUT2D eigenvalue weighted by Gasteiger charge is -2.22. The van der Waals surface area contributed by atoms with Crippen LogP contribution >= 0.6 is 0 Å². The van der Waals surface area contributed by atoms with E-state index in [4.69, 9.17) is 5.73 Å². The van der Waals surface area contributed by atoms with Crippen molar-refractivity contribution in [2.75, 3.05) is 13.1 Å². The van der Waals surface area contributed by atoms with Crippen LogP contribution in [0.15, 0.2) is 0 Å². The number of nitrogens with two attached hydrogens (primary N) is 1. The Hall–Kier alpha value is -0.120. The van der Waals surface area contributed by atoms with Crippen LogP contribution < -0.4 is 11.1 Å². The van der Waals surface area contributed by atoms with Gasteiger partial charge in [-0.15, -0.1) is 0 Å². The fourth-order valence-corrected chi connectivity index (χ4v) is 1.23. The molecule has 0 aliphatic carbocycles. The molecular formula is C11H26N2O. The van der Waals surface area contributed by atoms with Crippen molar-refractivity contribution in [3.05, 3.63) is 0 Å². The van der Waals surface area contributed by atoms with E-state index in [1.165, 1.54) is 0 Å². The van der Waals surface area contributed by atoms with Crippen molar-refractivity contribution in [2.24, 2.45) is 5.73 Å². The molecule has 0 radical (unpaired) electrons. The number of unbranched alkanes of at least 4 members (excludes halogenated alkanes) is 2. The molecule has 0 saturated heterocycles. The number of nitrogens with one attached hydrogen (secondary N) is 1. The standard InChI is InChI=1S/C11H26N2O/c1-11(2,3)13-9-10(14)7-5-4-6-8-12/h10,13-14H,4-9,12H2,1-3H3. The zero-order chi connectivity index (χ0) is 11.0. The zero-order valence-corrected chi connectivity index (χ0v) is 9.84. The molecule has 3 heteroatoms. The smallest absolute Gasteiger partial charge is 0.0664 e. The summed E-state index contributed by atoms with van der Waals surface area (Å²) in [6.07, 6.45) is 3.93. The number of hydrogen-bond acceptors (Lipinski definition) is 3. The molecule has 3 nitrogen and oxygen atoms in total. The lowest BCUT2D eigenvalue weighted by molar-refractivity contribution is 0.148. The third-order valence-corrected chi connectivity index (χ3v) is 2.11. The number of aliphatic hydroxyl groups is 1. The topological polar surface area (TPSA) is 58.3 Å². The van der Waals surface area contributed by atoms with Gasteiger partial charge in [-0.05, 0) is 40.2 Å². The van der Waals surface area contributed by atoms with Crippen LogP contribution in [-0.4, -0.2) is 29.8 Å². The molecule has 0 heterocycles. The van der Waals surface area contributed by atoms with Crippen molar-refractivity contribution in [2.45, 2.75) is 58.1 Å². The van der Waals surface area contributed by atoms with E-state index < -0.39 is 0 Å². The highest BCUT2D eigenvalue weighted by molar-refractivity contribution is 4.72. The molecule has 86 valence electrons. The van der Waals surface area contributed by atoms with Gasteiger partial charge < -0.3 is 16.2 Å². The quantitative estimate of drug-likeness (QED) is 0.545. The summed E-state index contributed by atoms with van der Waals surface area (Å²) in [5.74, 6) is 0. The fraction of sp³-hybridized carbons (Fsp3) is 1.00. The van der Waals surface area contributed by atoms with Crippen LogP contribution in [0, 0.1) is 0 Å². The second-order valence-electron chi connectivity index (χ2n) is 4.92. The minimum absolute atomic E-state index is 0.0955. The van der Waals surface area contributed by atoms with E-state index in [1.54, 1.807) is 0 Å². The van der Waals surface area contributed by atoms with Crippen LogP contribution in [-0.2, 0) is 0 Å². The maximum atomic E-state index is 9.62. The second-order valence-corrected chi connectivity index (χ2v) is 4.92. The van der Waals surface area contributed by atoms with Crippen molar-refractivity contribution in [3.63, 3.8) is 0 Å². The van der Waals surface area contributed by atoms with Crippen LogP contribution in [0.1, 0.15) is 46.5 Å². The summed E-state index contributed by atoms with van der Waals surface area (Å²) in [5, 5.41) is 12.9. The number of rotatable bonds is 7. The van der Waals surface area contributed by atoms with Gasteiger partial charge in [-0.1, -0.05) is 12.8 Å². The minimum Gasteiger partial charge on any atom is -0.392 e. The van der Waals surface area contributed by atoms with Gasteiger partial charge in [0.05, 0.1) is 6.10 Å². The number of hydrogen-bond donors (Lipinski definition) is 3. The Morgan fingerprint density at radius 3 is 2.36 bits per heavy atom. The van der Waals surface area contributed by atoms with Gasteiger partial charge in [0.25, 0.3) is 0 Å². The largest absolute Gasteiger partial charge is 0.392 e. The molecule has 0 aromatic carbocycles. The van der Waals surface area contributed by atoms with Gasteiger partial charge >= 0.3 is 0 Å². The number of β-amino-alcohol motifs (C(OH)–C–C–N with tert-alkyl or cyclic N) is 1. The zero-order valence-electron chi connectivity index (χ0n) is 9.84. The highest BCUT2D eigenvalue weighted by atomic mass is 16.3. The minimum atomic E-state index is -0.216. The van der Waals surface area contributed by atoms with Crippen molar-refractivity contribution in [3.8, 4) is 0 Å². The molecular weight excluding hydrogens is 176 g/mol. The fourth-order valence-electron chi connectivity index (χ4n) is 1.23. The predicted molar refractivity (Wildman–Crippen MR) is 61.3 cm³/mol. The molecule has 0 fully saturated rings. The highest BCUT2D eigenvalue weighted by Gasteiger charge is 2.11. The average Bonchev–Trinajstić information content (AvgIpc) is 2.08. The summed E-state index contributed by atoms with van der Waals surface area (Å²) in [6, 6.07) is 0. The van der Waals surface area contributed by atoms with Crippen molar-refractivity contribution in [1.29, 1.82) is 0 Å². The van der Waals surface area contributed by atoms with Crippen LogP contribution in [0.5, 0.6) is 0 Å². The molecule has 0 rings (SSSR count). The Labute approximate surface area is 88.1 Å². The molecule has 14 heavy (non-hydrogen) atoms. The van der Waals surface area contributed by atoms with E-state index in [-0.39, 0.29) is 11.6 Å². The Morgan fingerprint density at radius 2 is 1.86 bits per heavy atom. The van der Waals surface area contributed by atoms with E-state index in [2.05, 4.69) is 26.1 Å². The van der Waals surface area contributed by atoms with E-state index in [0.29, 0.717) is 6.54 Å². The van der Waals surface area contributed by atoms with Gasteiger partial charge in [-0.3, -0.25) is 0 Å². The first kappa shape index (κ1) is 13.9. The maximum absolute atomic E-state index is 9.62. The van der Waals surface area contributed by atoms with Crippen LogP contribution in [0.4, 0.5) is 0 Å². The van der Waals surface area contributed by atoms with E-state index in [1.807, 2.05) is 0 Å². The summed E-state index contributed by atoms with van der Waals surface area (Å²) in [4.78, 5) is 0. The lowest BCUT2D eigenvalue weighted by atomic mass is 10.1. The third-order valence-electron chi connectivity index (χ3n) is 2.11. The van der Waals surface area contributed by atoms with E-state index in [9.17, 15) is 5.11 Å². The molecule has 0 aromatic rings. The van der Waals surface area contributed by atoms with Gasteiger partial charge in [0.15, 0.2) is 0 Å². The molecule has 0 aliphatic rings. The monoisotopic (exact) mass is 202 g/mol. The molecule has 1 atom stereocenters. The lowest BCUT2D eigenvalue weighted by Crippen LogP contribution is -2.40. The van der Waals surface area contributed by atoms with Gasteiger partial charge in [0.2, 0.25) is 0 Å². The summed E-state index contributed by atoms with van der Waals surface area (Å²) >= 11 is 0. The normalized spacial score (nSPS) is 14.4.